The third kappa shape index (κ3) is 2.57. The quantitative estimate of drug-likeness (QED) is 0.774. The van der Waals surface area contributed by atoms with Crippen LogP contribution in [-0.2, 0) is 9.53 Å². The van der Waals surface area contributed by atoms with E-state index < -0.39 is 5.54 Å². The first kappa shape index (κ1) is 15.1. The number of carbonyl (C=O) groups is 1. The number of rotatable bonds is 4. The highest BCUT2D eigenvalue weighted by molar-refractivity contribution is 5.91. The molecule has 0 radical (unpaired) electrons. The molecule has 1 amide bonds. The minimum Gasteiger partial charge on any atom is -0.371 e. The van der Waals surface area contributed by atoms with Crippen molar-refractivity contribution in [1.82, 2.24) is 5.32 Å². The van der Waals surface area contributed by atoms with E-state index in [1.165, 1.54) is 0 Å². The molecule has 2 aliphatic heterocycles. The van der Waals surface area contributed by atoms with Gasteiger partial charge in [0.25, 0.3) is 0 Å². The molecule has 4 aliphatic rings. The lowest BCUT2D eigenvalue weighted by molar-refractivity contribution is -0.154. The van der Waals surface area contributed by atoms with Crippen LogP contribution in [0.4, 0.5) is 0 Å². The number of amides is 1. The topological polar surface area (TPSA) is 90.4 Å². The zero-order valence-corrected chi connectivity index (χ0v) is 13.4. The Labute approximate surface area is 136 Å². The summed E-state index contributed by atoms with van der Waals surface area (Å²) in [6, 6.07) is 10.0. The summed E-state index contributed by atoms with van der Waals surface area (Å²) in [4.78, 5) is 12.6. The van der Waals surface area contributed by atoms with Gasteiger partial charge in [0.05, 0.1) is 12.2 Å². The fraction of sp³-hybridized carbons (Fsp3) is 0.611. The van der Waals surface area contributed by atoms with Gasteiger partial charge in [-0.25, -0.2) is 0 Å². The van der Waals surface area contributed by atoms with Crippen molar-refractivity contribution in [3.63, 3.8) is 0 Å². The Hall–Kier alpha value is -1.43. The number of nitrogens with two attached hydrogens (primary N) is 2. The van der Waals surface area contributed by atoms with Crippen molar-refractivity contribution in [3.8, 4) is 0 Å². The van der Waals surface area contributed by atoms with Gasteiger partial charge in [0.15, 0.2) is 0 Å². The lowest BCUT2D eigenvalue weighted by Crippen LogP contribution is -2.63. The Balaban J connectivity index is 1.36. The summed E-state index contributed by atoms with van der Waals surface area (Å²) in [6.07, 6.45) is 4.50. The number of carbonyl (C=O) groups excluding carboxylic acids is 1. The number of hydrogen-bond donors (Lipinski definition) is 3. The van der Waals surface area contributed by atoms with Gasteiger partial charge in [0.2, 0.25) is 5.91 Å². The van der Waals surface area contributed by atoms with Crippen molar-refractivity contribution >= 4 is 5.91 Å². The summed E-state index contributed by atoms with van der Waals surface area (Å²) >= 11 is 0. The standard InChI is InChI=1S/C18H25N3O2/c19-16-6-8-17(9-7-16,23-12-16)11-21-15(22)18(20)10-14(18)13-4-2-1-3-5-13/h1-5,14H,6-12,19-20H2,(H,21,22)/t14-,16?,17?,18+/m0/s1. The summed E-state index contributed by atoms with van der Waals surface area (Å²) in [5, 5.41) is 3.05. The second-order valence-corrected chi connectivity index (χ2v) is 7.72. The Kier molecular flexibility index (Phi) is 3.31. The maximum atomic E-state index is 12.6. The highest BCUT2D eigenvalue weighted by Crippen LogP contribution is 2.49. The number of hydrogen-bond acceptors (Lipinski definition) is 4. The fourth-order valence-electron chi connectivity index (χ4n) is 4.05. The average molecular weight is 315 g/mol. The van der Waals surface area contributed by atoms with E-state index in [-0.39, 0.29) is 23.0 Å². The molecule has 2 heterocycles. The highest BCUT2D eigenvalue weighted by atomic mass is 16.5. The molecule has 1 aromatic rings. The van der Waals surface area contributed by atoms with Crippen molar-refractivity contribution in [2.24, 2.45) is 11.5 Å². The van der Waals surface area contributed by atoms with E-state index in [2.05, 4.69) is 5.32 Å². The minimum absolute atomic E-state index is 0.0560. The molecule has 1 aromatic carbocycles. The summed E-state index contributed by atoms with van der Waals surface area (Å²) in [6.45, 7) is 1.14. The van der Waals surface area contributed by atoms with Crippen LogP contribution in [0.1, 0.15) is 43.6 Å². The Morgan fingerprint density at radius 2 is 1.87 bits per heavy atom. The zero-order valence-electron chi connectivity index (χ0n) is 13.4. The van der Waals surface area contributed by atoms with Gasteiger partial charge in [-0.1, -0.05) is 30.3 Å². The van der Waals surface area contributed by atoms with Gasteiger partial charge in [-0.3, -0.25) is 4.79 Å². The van der Waals surface area contributed by atoms with Gasteiger partial charge in [0.1, 0.15) is 5.54 Å². The van der Waals surface area contributed by atoms with Crippen LogP contribution in [0.5, 0.6) is 0 Å². The SMILES string of the molecule is NC12CCC(CNC(=O)[C@@]3(N)C[C@H]3c3ccccc3)(CC1)OC2. The highest BCUT2D eigenvalue weighted by Gasteiger charge is 2.58. The van der Waals surface area contributed by atoms with Crippen molar-refractivity contribution in [2.75, 3.05) is 13.2 Å². The minimum atomic E-state index is -0.765. The second kappa shape index (κ2) is 5.03. The molecule has 124 valence electrons. The molecule has 5 rings (SSSR count). The number of benzene rings is 1. The van der Waals surface area contributed by atoms with Crippen LogP contribution in [0.3, 0.4) is 0 Å². The first-order valence-electron chi connectivity index (χ1n) is 8.50. The summed E-state index contributed by atoms with van der Waals surface area (Å²) in [5.74, 6) is 0.0657. The van der Waals surface area contributed by atoms with Gasteiger partial charge < -0.3 is 21.5 Å². The van der Waals surface area contributed by atoms with E-state index in [9.17, 15) is 4.79 Å². The predicted molar refractivity (Wildman–Crippen MR) is 87.8 cm³/mol. The van der Waals surface area contributed by atoms with Crippen LogP contribution in [0.15, 0.2) is 30.3 Å². The number of ether oxygens (including phenoxy) is 1. The van der Waals surface area contributed by atoms with E-state index in [0.29, 0.717) is 19.6 Å². The second-order valence-electron chi connectivity index (χ2n) is 7.72. The van der Waals surface area contributed by atoms with Crippen molar-refractivity contribution < 1.29 is 9.53 Å². The molecule has 4 fully saturated rings. The van der Waals surface area contributed by atoms with Crippen LogP contribution < -0.4 is 16.8 Å². The van der Waals surface area contributed by atoms with E-state index in [0.717, 1.165) is 31.2 Å². The predicted octanol–water partition coefficient (Wildman–Crippen LogP) is 1.03. The van der Waals surface area contributed by atoms with E-state index >= 15 is 0 Å². The van der Waals surface area contributed by atoms with Crippen LogP contribution >= 0.6 is 0 Å². The molecule has 2 atom stereocenters. The van der Waals surface area contributed by atoms with E-state index in [1.54, 1.807) is 0 Å². The van der Waals surface area contributed by atoms with Crippen LogP contribution in [0, 0.1) is 0 Å². The molecule has 5 nitrogen and oxygen atoms in total. The number of fused-ring (bicyclic) bond motifs is 3. The van der Waals surface area contributed by atoms with Gasteiger partial charge in [0, 0.05) is 18.0 Å². The molecule has 23 heavy (non-hydrogen) atoms. The molecular formula is C18H25N3O2. The van der Waals surface area contributed by atoms with Gasteiger partial charge in [-0.2, -0.15) is 0 Å². The normalized spacial score (nSPS) is 41.6. The molecule has 5 N–H and O–H groups in total. The zero-order chi connectivity index (χ0) is 16.1. The monoisotopic (exact) mass is 315 g/mol. The molecule has 0 aromatic heterocycles. The van der Waals surface area contributed by atoms with Crippen LogP contribution in [0.25, 0.3) is 0 Å². The van der Waals surface area contributed by atoms with Crippen molar-refractivity contribution in [3.05, 3.63) is 35.9 Å². The lowest BCUT2D eigenvalue weighted by atomic mass is 9.71. The molecular weight excluding hydrogens is 290 g/mol. The van der Waals surface area contributed by atoms with Gasteiger partial charge >= 0.3 is 0 Å². The summed E-state index contributed by atoms with van der Waals surface area (Å²) < 4.78 is 5.98. The maximum Gasteiger partial charge on any atom is 0.240 e. The summed E-state index contributed by atoms with van der Waals surface area (Å²) in [5.41, 5.74) is 12.6. The molecule has 0 spiro atoms. The third-order valence-electron chi connectivity index (χ3n) is 6.02. The molecule has 2 saturated carbocycles. The smallest absolute Gasteiger partial charge is 0.240 e. The average Bonchev–Trinajstić information content (AvgIpc) is 3.28. The van der Waals surface area contributed by atoms with E-state index in [1.807, 2.05) is 30.3 Å². The molecule has 2 aliphatic carbocycles. The first-order chi connectivity index (χ1) is 10.9. The maximum absolute atomic E-state index is 12.6. The largest absolute Gasteiger partial charge is 0.371 e. The Morgan fingerprint density at radius 1 is 1.17 bits per heavy atom. The molecule has 2 saturated heterocycles. The summed E-state index contributed by atoms with van der Waals surface area (Å²) in [7, 11) is 0. The fourth-order valence-corrected chi connectivity index (χ4v) is 4.05. The molecule has 0 unspecified atom stereocenters. The third-order valence-corrected chi connectivity index (χ3v) is 6.02. The molecule has 5 heteroatoms. The van der Waals surface area contributed by atoms with Gasteiger partial charge in [-0.15, -0.1) is 0 Å². The lowest BCUT2D eigenvalue weighted by Gasteiger charge is -2.51. The van der Waals surface area contributed by atoms with E-state index in [4.69, 9.17) is 16.2 Å². The first-order valence-corrected chi connectivity index (χ1v) is 8.50. The van der Waals surface area contributed by atoms with Crippen LogP contribution in [0.2, 0.25) is 0 Å². The number of nitrogens with one attached hydrogen (secondary N) is 1. The Morgan fingerprint density at radius 3 is 2.48 bits per heavy atom. The van der Waals surface area contributed by atoms with Gasteiger partial charge in [-0.05, 0) is 37.7 Å². The van der Waals surface area contributed by atoms with Crippen LogP contribution in [-0.4, -0.2) is 35.7 Å². The Bertz CT molecular complexity index is 593. The molecule has 2 bridgehead atoms. The van der Waals surface area contributed by atoms with Crippen molar-refractivity contribution in [2.45, 2.75) is 54.7 Å². The van der Waals surface area contributed by atoms with Crippen molar-refractivity contribution in [1.29, 1.82) is 0 Å².